The van der Waals surface area contributed by atoms with Gasteiger partial charge in [-0.2, -0.15) is 13.2 Å². The smallest absolute Gasteiger partial charge is 0.416 e. The van der Waals surface area contributed by atoms with E-state index in [2.05, 4.69) is 15.0 Å². The largest absolute Gasteiger partial charge is 0.481 e. The SMILES string of the molecule is COc1cccc(-c2cc(F)ccc2C2Cc3nc(N)nc(C)c3C(=O)N2Cc2cccc(C(F)(F)F)c2)n1. The summed E-state index contributed by atoms with van der Waals surface area (Å²) in [5.41, 5.74) is 7.70. The molecular weight excluding hydrogens is 514 g/mol. The van der Waals surface area contributed by atoms with Gasteiger partial charge in [-0.3, -0.25) is 4.79 Å². The van der Waals surface area contributed by atoms with Crippen molar-refractivity contribution in [3.63, 3.8) is 0 Å². The van der Waals surface area contributed by atoms with Crippen molar-refractivity contribution in [3.8, 4) is 17.1 Å². The number of amides is 1. The first-order chi connectivity index (χ1) is 18.5. The van der Waals surface area contributed by atoms with E-state index in [9.17, 15) is 22.4 Å². The molecule has 0 spiro atoms. The molecule has 2 N–H and O–H groups in total. The monoisotopic (exact) mass is 537 g/mol. The molecule has 0 radical (unpaired) electrons. The number of anilines is 1. The number of nitrogens with two attached hydrogens (primary N) is 1. The molecule has 0 bridgehead atoms. The number of nitrogen functional groups attached to an aromatic ring is 1. The highest BCUT2D eigenvalue weighted by Crippen LogP contribution is 2.40. The maximum atomic E-state index is 14.5. The van der Waals surface area contributed by atoms with Crippen LogP contribution in [0.5, 0.6) is 5.88 Å². The number of hydrogen-bond acceptors (Lipinski definition) is 6. The minimum atomic E-state index is -4.54. The zero-order chi connectivity index (χ0) is 27.9. The van der Waals surface area contributed by atoms with Gasteiger partial charge in [-0.05, 0) is 48.4 Å². The van der Waals surface area contributed by atoms with Gasteiger partial charge >= 0.3 is 6.18 Å². The number of pyridine rings is 1. The van der Waals surface area contributed by atoms with Gasteiger partial charge in [0.05, 0.1) is 41.4 Å². The molecule has 1 aliphatic heterocycles. The minimum absolute atomic E-state index is 0.00193. The number of aryl methyl sites for hydroxylation is 1. The molecule has 0 fully saturated rings. The number of fused-ring (bicyclic) bond motifs is 1. The van der Waals surface area contributed by atoms with Crippen molar-refractivity contribution in [2.75, 3.05) is 12.8 Å². The van der Waals surface area contributed by atoms with E-state index in [1.807, 2.05) is 0 Å². The molecule has 4 aromatic rings. The van der Waals surface area contributed by atoms with E-state index in [1.54, 1.807) is 31.2 Å². The molecular formula is C28H23F4N5O2. The summed E-state index contributed by atoms with van der Waals surface area (Å²) in [7, 11) is 1.46. The fourth-order valence-corrected chi connectivity index (χ4v) is 4.88. The summed E-state index contributed by atoms with van der Waals surface area (Å²) in [4.78, 5) is 28.2. The maximum absolute atomic E-state index is 14.5. The Labute approximate surface area is 221 Å². The number of benzene rings is 2. The Balaban J connectivity index is 1.67. The van der Waals surface area contributed by atoms with E-state index in [0.29, 0.717) is 34.1 Å². The second-order valence-corrected chi connectivity index (χ2v) is 9.14. The van der Waals surface area contributed by atoms with Crippen LogP contribution in [0.1, 0.15) is 44.5 Å². The number of alkyl halides is 3. The van der Waals surface area contributed by atoms with Crippen molar-refractivity contribution < 1.29 is 27.1 Å². The van der Waals surface area contributed by atoms with Crippen LogP contribution < -0.4 is 10.5 Å². The molecule has 39 heavy (non-hydrogen) atoms. The molecule has 7 nitrogen and oxygen atoms in total. The molecule has 1 amide bonds. The van der Waals surface area contributed by atoms with E-state index in [1.165, 1.54) is 36.3 Å². The summed E-state index contributed by atoms with van der Waals surface area (Å²) < 4.78 is 60.0. The third kappa shape index (κ3) is 5.12. The number of carbonyl (C=O) groups is 1. The minimum Gasteiger partial charge on any atom is -0.481 e. The molecule has 1 unspecified atom stereocenters. The molecule has 200 valence electrons. The molecule has 0 saturated carbocycles. The van der Waals surface area contributed by atoms with Gasteiger partial charge in [-0.15, -0.1) is 0 Å². The van der Waals surface area contributed by atoms with Crippen LogP contribution in [0.25, 0.3) is 11.3 Å². The molecule has 0 aliphatic carbocycles. The highest BCUT2D eigenvalue weighted by atomic mass is 19.4. The number of nitrogens with zero attached hydrogens (tertiary/aromatic N) is 4. The third-order valence-corrected chi connectivity index (χ3v) is 6.61. The molecule has 3 heterocycles. The summed E-state index contributed by atoms with van der Waals surface area (Å²) in [6.45, 7) is 1.49. The number of carbonyl (C=O) groups excluding carboxylic acids is 1. The predicted molar refractivity (Wildman–Crippen MR) is 135 cm³/mol. The van der Waals surface area contributed by atoms with Gasteiger partial charge in [0, 0.05) is 24.6 Å². The fraction of sp³-hybridized carbons (Fsp3) is 0.214. The molecule has 0 saturated heterocycles. The fourth-order valence-electron chi connectivity index (χ4n) is 4.88. The predicted octanol–water partition coefficient (Wildman–Crippen LogP) is 5.54. The average Bonchev–Trinajstić information content (AvgIpc) is 2.89. The van der Waals surface area contributed by atoms with Crippen molar-refractivity contribution in [2.45, 2.75) is 32.1 Å². The van der Waals surface area contributed by atoms with Gasteiger partial charge in [-0.1, -0.05) is 24.3 Å². The van der Waals surface area contributed by atoms with E-state index in [-0.39, 0.29) is 30.0 Å². The topological polar surface area (TPSA) is 94.2 Å². The number of methoxy groups -OCH3 is 1. The van der Waals surface area contributed by atoms with Crippen molar-refractivity contribution in [1.82, 2.24) is 19.9 Å². The van der Waals surface area contributed by atoms with Crippen LogP contribution in [-0.2, 0) is 19.1 Å². The molecule has 1 atom stereocenters. The van der Waals surface area contributed by atoms with Crippen molar-refractivity contribution in [1.29, 1.82) is 0 Å². The number of hydrogen-bond donors (Lipinski definition) is 1. The first-order valence-electron chi connectivity index (χ1n) is 12.0. The summed E-state index contributed by atoms with van der Waals surface area (Å²) in [5, 5.41) is 0. The number of halogens is 4. The van der Waals surface area contributed by atoms with Crippen LogP contribution in [0.2, 0.25) is 0 Å². The Morgan fingerprint density at radius 2 is 1.82 bits per heavy atom. The van der Waals surface area contributed by atoms with Gasteiger partial charge in [0.15, 0.2) is 0 Å². The quantitative estimate of drug-likeness (QED) is 0.336. The Hall–Kier alpha value is -4.54. The maximum Gasteiger partial charge on any atom is 0.416 e. The summed E-state index contributed by atoms with van der Waals surface area (Å²) in [5.74, 6) is -0.680. The number of ether oxygens (including phenoxy) is 1. The van der Waals surface area contributed by atoms with Gasteiger partial charge in [-0.25, -0.2) is 19.3 Å². The highest BCUT2D eigenvalue weighted by Gasteiger charge is 2.38. The molecule has 1 aliphatic rings. The van der Waals surface area contributed by atoms with Crippen LogP contribution in [0.3, 0.4) is 0 Å². The van der Waals surface area contributed by atoms with Gasteiger partial charge in [0.1, 0.15) is 5.82 Å². The van der Waals surface area contributed by atoms with E-state index < -0.39 is 29.5 Å². The lowest BCUT2D eigenvalue weighted by Gasteiger charge is -2.38. The van der Waals surface area contributed by atoms with Crippen LogP contribution in [0, 0.1) is 12.7 Å². The van der Waals surface area contributed by atoms with Crippen LogP contribution in [0.15, 0.2) is 60.7 Å². The number of aromatic nitrogens is 3. The lowest BCUT2D eigenvalue weighted by atomic mass is 9.88. The normalized spacial score (nSPS) is 15.3. The van der Waals surface area contributed by atoms with E-state index >= 15 is 0 Å². The summed E-state index contributed by atoms with van der Waals surface area (Å²) >= 11 is 0. The molecule has 5 rings (SSSR count). The second-order valence-electron chi connectivity index (χ2n) is 9.14. The lowest BCUT2D eigenvalue weighted by Crippen LogP contribution is -2.41. The standard InChI is InChI=1S/C28H23F4N5O2/c1-15-25-22(36-27(33)34-15)13-23(37(26(25)38)14-16-5-3-6-17(11-16)28(30,31)32)19-10-9-18(29)12-20(19)21-7-4-8-24(35-21)39-2/h3-12,23H,13-14H2,1-2H3,(H2,33,34,36). The zero-order valence-corrected chi connectivity index (χ0v) is 21.0. The van der Waals surface area contributed by atoms with E-state index in [4.69, 9.17) is 10.5 Å². The third-order valence-electron chi connectivity index (χ3n) is 6.61. The average molecular weight is 538 g/mol. The Morgan fingerprint density at radius 3 is 2.56 bits per heavy atom. The lowest BCUT2D eigenvalue weighted by molar-refractivity contribution is -0.137. The first-order valence-corrected chi connectivity index (χ1v) is 12.0. The Kier molecular flexibility index (Phi) is 6.67. The zero-order valence-electron chi connectivity index (χ0n) is 21.0. The molecule has 2 aromatic carbocycles. The van der Waals surface area contributed by atoms with Crippen molar-refractivity contribution >= 4 is 11.9 Å². The van der Waals surface area contributed by atoms with Gasteiger partial charge in [0.25, 0.3) is 5.91 Å². The van der Waals surface area contributed by atoms with Gasteiger partial charge in [0.2, 0.25) is 11.8 Å². The summed E-state index contributed by atoms with van der Waals surface area (Å²) in [6, 6.07) is 13.2. The second kappa shape index (κ2) is 9.97. The van der Waals surface area contributed by atoms with Gasteiger partial charge < -0.3 is 15.4 Å². The van der Waals surface area contributed by atoms with E-state index in [0.717, 1.165) is 12.1 Å². The van der Waals surface area contributed by atoms with Crippen LogP contribution in [-0.4, -0.2) is 32.9 Å². The van der Waals surface area contributed by atoms with Crippen molar-refractivity contribution in [2.24, 2.45) is 0 Å². The summed E-state index contributed by atoms with van der Waals surface area (Å²) in [6.07, 6.45) is -4.37. The Morgan fingerprint density at radius 1 is 1.05 bits per heavy atom. The Bertz CT molecular complexity index is 1570. The molecule has 2 aromatic heterocycles. The molecule has 11 heteroatoms. The first kappa shape index (κ1) is 26.1. The van der Waals surface area contributed by atoms with Crippen molar-refractivity contribution in [3.05, 3.63) is 100 Å². The number of rotatable bonds is 5. The van der Waals surface area contributed by atoms with Crippen LogP contribution >= 0.6 is 0 Å². The van der Waals surface area contributed by atoms with Crippen LogP contribution in [0.4, 0.5) is 23.5 Å². The highest BCUT2D eigenvalue weighted by molar-refractivity contribution is 5.98.